The maximum atomic E-state index is 12.6. The maximum absolute atomic E-state index is 12.6. The zero-order valence-electron chi connectivity index (χ0n) is 13.5. The number of pyridine rings is 1. The summed E-state index contributed by atoms with van der Waals surface area (Å²) in [7, 11) is 0. The third kappa shape index (κ3) is 5.20. The molecular formula is C18H20Cl2N2O2. The predicted octanol–water partition coefficient (Wildman–Crippen LogP) is 3.90. The number of hydrogen-bond donors (Lipinski definition) is 1. The van der Waals surface area contributed by atoms with Crippen LogP contribution in [-0.2, 0) is 11.2 Å². The maximum Gasteiger partial charge on any atom is 0.227 e. The van der Waals surface area contributed by atoms with Gasteiger partial charge in [-0.05, 0) is 30.2 Å². The molecule has 0 unspecified atom stereocenters. The minimum atomic E-state index is -0.761. The Hall–Kier alpha value is -1.62. The average Bonchev–Trinajstić information content (AvgIpc) is 2.58. The van der Waals surface area contributed by atoms with Crippen LogP contribution in [0.4, 0.5) is 0 Å². The van der Waals surface area contributed by atoms with E-state index in [0.717, 1.165) is 12.0 Å². The highest BCUT2D eigenvalue weighted by molar-refractivity contribution is 6.42. The molecule has 0 aliphatic carbocycles. The van der Waals surface area contributed by atoms with Crippen molar-refractivity contribution in [2.75, 3.05) is 13.1 Å². The van der Waals surface area contributed by atoms with Crippen LogP contribution in [-0.4, -0.2) is 34.0 Å². The van der Waals surface area contributed by atoms with Crippen LogP contribution in [0.3, 0.4) is 0 Å². The number of aliphatic hydroxyl groups is 1. The van der Waals surface area contributed by atoms with Crippen LogP contribution < -0.4 is 0 Å². The van der Waals surface area contributed by atoms with E-state index in [0.29, 0.717) is 22.2 Å². The Balaban J connectivity index is 2.05. The largest absolute Gasteiger partial charge is 0.386 e. The Bertz CT molecular complexity index is 680. The fourth-order valence-electron chi connectivity index (χ4n) is 2.41. The molecule has 4 nitrogen and oxygen atoms in total. The quantitative estimate of drug-likeness (QED) is 0.808. The van der Waals surface area contributed by atoms with Gasteiger partial charge in [0.05, 0.1) is 29.1 Å². The van der Waals surface area contributed by atoms with Crippen LogP contribution in [0.15, 0.2) is 42.7 Å². The van der Waals surface area contributed by atoms with Gasteiger partial charge in [0.25, 0.3) is 0 Å². The van der Waals surface area contributed by atoms with Crippen molar-refractivity contribution >= 4 is 29.1 Å². The molecule has 2 aromatic rings. The summed E-state index contributed by atoms with van der Waals surface area (Å²) >= 11 is 11.9. The molecule has 0 spiro atoms. The lowest BCUT2D eigenvalue weighted by atomic mass is 10.1. The SMILES string of the molecule is CCCN(C[C@H](O)c1cccnc1)C(=O)Cc1ccc(Cl)c(Cl)c1. The third-order valence-corrected chi connectivity index (χ3v) is 4.39. The first-order chi connectivity index (χ1) is 11.5. The first-order valence-electron chi connectivity index (χ1n) is 7.81. The number of carbonyl (C=O) groups excluding carboxylic acids is 1. The highest BCUT2D eigenvalue weighted by Gasteiger charge is 2.18. The lowest BCUT2D eigenvalue weighted by molar-refractivity contribution is -0.132. The van der Waals surface area contributed by atoms with E-state index >= 15 is 0 Å². The number of amides is 1. The molecule has 0 fully saturated rings. The van der Waals surface area contributed by atoms with Gasteiger partial charge < -0.3 is 10.0 Å². The molecule has 6 heteroatoms. The van der Waals surface area contributed by atoms with Crippen molar-refractivity contribution in [3.8, 4) is 0 Å². The number of halogens is 2. The van der Waals surface area contributed by atoms with Gasteiger partial charge in [0.1, 0.15) is 0 Å². The van der Waals surface area contributed by atoms with Crippen molar-refractivity contribution in [1.82, 2.24) is 9.88 Å². The lowest BCUT2D eigenvalue weighted by Crippen LogP contribution is -2.36. The molecule has 1 heterocycles. The molecule has 24 heavy (non-hydrogen) atoms. The summed E-state index contributed by atoms with van der Waals surface area (Å²) < 4.78 is 0. The van der Waals surface area contributed by atoms with Gasteiger partial charge in [-0.25, -0.2) is 0 Å². The Kier molecular flexibility index (Phi) is 7.03. The van der Waals surface area contributed by atoms with E-state index in [1.165, 1.54) is 0 Å². The van der Waals surface area contributed by atoms with Gasteiger partial charge >= 0.3 is 0 Å². The summed E-state index contributed by atoms with van der Waals surface area (Å²) in [5.74, 6) is -0.0572. The fourth-order valence-corrected chi connectivity index (χ4v) is 2.73. The molecule has 128 valence electrons. The lowest BCUT2D eigenvalue weighted by Gasteiger charge is -2.25. The summed E-state index contributed by atoms with van der Waals surface area (Å²) in [4.78, 5) is 18.3. The average molecular weight is 367 g/mol. The van der Waals surface area contributed by atoms with Gasteiger partial charge in [0.15, 0.2) is 0 Å². The van der Waals surface area contributed by atoms with Crippen LogP contribution in [0.2, 0.25) is 10.0 Å². The molecule has 0 aliphatic heterocycles. The summed E-state index contributed by atoms with van der Waals surface area (Å²) in [6, 6.07) is 8.73. The number of carbonyl (C=O) groups is 1. The second kappa shape index (κ2) is 9.02. The molecule has 0 aliphatic rings. The van der Waals surface area contributed by atoms with Gasteiger partial charge in [0, 0.05) is 24.5 Å². The minimum absolute atomic E-state index is 0.0572. The van der Waals surface area contributed by atoms with E-state index in [1.54, 1.807) is 47.6 Å². The second-order valence-corrected chi connectivity index (χ2v) is 6.38. The normalized spacial score (nSPS) is 12.0. The van der Waals surface area contributed by atoms with E-state index in [4.69, 9.17) is 23.2 Å². The zero-order chi connectivity index (χ0) is 17.5. The summed E-state index contributed by atoms with van der Waals surface area (Å²) in [5.41, 5.74) is 1.49. The first-order valence-corrected chi connectivity index (χ1v) is 8.56. The molecule has 0 saturated carbocycles. The molecule has 1 N–H and O–H groups in total. The van der Waals surface area contributed by atoms with Crippen LogP contribution >= 0.6 is 23.2 Å². The third-order valence-electron chi connectivity index (χ3n) is 3.65. The van der Waals surface area contributed by atoms with E-state index in [9.17, 15) is 9.90 Å². The van der Waals surface area contributed by atoms with E-state index in [2.05, 4.69) is 4.98 Å². The molecule has 1 aromatic heterocycles. The smallest absolute Gasteiger partial charge is 0.227 e. The molecule has 0 radical (unpaired) electrons. The van der Waals surface area contributed by atoms with Crippen molar-refractivity contribution in [2.45, 2.75) is 25.9 Å². The first kappa shape index (κ1) is 18.7. The van der Waals surface area contributed by atoms with Gasteiger partial charge in [-0.2, -0.15) is 0 Å². The van der Waals surface area contributed by atoms with Gasteiger partial charge in [0.2, 0.25) is 5.91 Å². The zero-order valence-corrected chi connectivity index (χ0v) is 15.0. The van der Waals surface area contributed by atoms with Crippen molar-refractivity contribution < 1.29 is 9.90 Å². The summed E-state index contributed by atoms with van der Waals surface area (Å²) in [6.07, 6.45) is 3.53. The van der Waals surface area contributed by atoms with Gasteiger partial charge in [-0.15, -0.1) is 0 Å². The number of rotatable bonds is 7. The monoisotopic (exact) mass is 366 g/mol. The molecular weight excluding hydrogens is 347 g/mol. The second-order valence-electron chi connectivity index (χ2n) is 5.57. The highest BCUT2D eigenvalue weighted by Crippen LogP contribution is 2.23. The Labute approximate surface area is 152 Å². The number of aromatic nitrogens is 1. The Morgan fingerprint density at radius 2 is 2.08 bits per heavy atom. The van der Waals surface area contributed by atoms with E-state index < -0.39 is 6.10 Å². The molecule has 1 aromatic carbocycles. The van der Waals surface area contributed by atoms with Crippen LogP contribution in [0.25, 0.3) is 0 Å². The molecule has 1 amide bonds. The van der Waals surface area contributed by atoms with Crippen LogP contribution in [0.5, 0.6) is 0 Å². The molecule has 1 atom stereocenters. The summed E-state index contributed by atoms with van der Waals surface area (Å²) in [6.45, 7) is 2.81. The minimum Gasteiger partial charge on any atom is -0.386 e. The molecule has 0 saturated heterocycles. The predicted molar refractivity (Wildman–Crippen MR) is 96.2 cm³/mol. The van der Waals surface area contributed by atoms with Gasteiger partial charge in [-0.3, -0.25) is 9.78 Å². The molecule has 2 rings (SSSR count). The summed E-state index contributed by atoms with van der Waals surface area (Å²) in [5, 5.41) is 11.2. The Morgan fingerprint density at radius 1 is 1.29 bits per heavy atom. The van der Waals surface area contributed by atoms with Crippen LogP contribution in [0.1, 0.15) is 30.6 Å². The fraction of sp³-hybridized carbons (Fsp3) is 0.333. The Morgan fingerprint density at radius 3 is 2.71 bits per heavy atom. The van der Waals surface area contributed by atoms with Crippen LogP contribution in [0, 0.1) is 0 Å². The van der Waals surface area contributed by atoms with Crippen molar-refractivity contribution in [1.29, 1.82) is 0 Å². The number of nitrogens with zero attached hydrogens (tertiary/aromatic N) is 2. The standard InChI is InChI=1S/C18H20Cl2N2O2/c1-2-8-22(12-17(23)14-4-3-7-21-11-14)18(24)10-13-5-6-15(19)16(20)9-13/h3-7,9,11,17,23H,2,8,10,12H2,1H3/t17-/m0/s1. The van der Waals surface area contributed by atoms with E-state index in [1.807, 2.05) is 6.92 Å². The number of benzene rings is 1. The topological polar surface area (TPSA) is 53.4 Å². The molecule has 0 bridgehead atoms. The van der Waals surface area contributed by atoms with Crippen molar-refractivity contribution in [3.63, 3.8) is 0 Å². The van der Waals surface area contributed by atoms with E-state index in [-0.39, 0.29) is 18.9 Å². The number of hydrogen-bond acceptors (Lipinski definition) is 3. The number of aliphatic hydroxyl groups excluding tert-OH is 1. The van der Waals surface area contributed by atoms with Crippen molar-refractivity contribution in [2.24, 2.45) is 0 Å². The highest BCUT2D eigenvalue weighted by atomic mass is 35.5. The van der Waals surface area contributed by atoms with Gasteiger partial charge in [-0.1, -0.05) is 42.3 Å². The van der Waals surface area contributed by atoms with Crippen molar-refractivity contribution in [3.05, 3.63) is 63.9 Å².